The normalized spacial score (nSPS) is 17.1. The first-order valence-electron chi connectivity index (χ1n) is 9.17. The van der Waals surface area contributed by atoms with Gasteiger partial charge in [-0.1, -0.05) is 11.6 Å². The van der Waals surface area contributed by atoms with E-state index in [1.54, 1.807) is 24.5 Å². The maximum absolute atomic E-state index is 13.0. The molecule has 10 heteroatoms. The number of carboxylic acid groups (broad SMARTS) is 1. The highest BCUT2D eigenvalue weighted by Crippen LogP contribution is 2.47. The Morgan fingerprint density at radius 2 is 1.73 bits per heavy atom. The lowest BCUT2D eigenvalue weighted by Gasteiger charge is -2.34. The highest BCUT2D eigenvalue weighted by Gasteiger charge is 2.45. The lowest BCUT2D eigenvalue weighted by Crippen LogP contribution is -2.44. The number of anilines is 1. The molecule has 1 aromatic carbocycles. The molecule has 2 N–H and O–H groups in total. The highest BCUT2D eigenvalue weighted by molar-refractivity contribution is 6.30. The third-order valence-electron chi connectivity index (χ3n) is 5.26. The molecule has 3 heterocycles. The van der Waals surface area contributed by atoms with Crippen LogP contribution in [0.3, 0.4) is 0 Å². The number of alkyl halides is 3. The number of carbonyl (C=O) groups excluding carboxylic acids is 1. The van der Waals surface area contributed by atoms with Gasteiger partial charge in [0.25, 0.3) is 5.91 Å². The highest BCUT2D eigenvalue weighted by atomic mass is 35.5. The molecular formula is C20H19ClF3N3O3. The minimum absolute atomic E-state index is 0.0220. The fourth-order valence-electron chi connectivity index (χ4n) is 3.81. The quantitative estimate of drug-likeness (QED) is 0.706. The van der Waals surface area contributed by atoms with E-state index in [-0.39, 0.29) is 11.3 Å². The van der Waals surface area contributed by atoms with Crippen LogP contribution < -0.4 is 10.2 Å². The predicted molar refractivity (Wildman–Crippen MR) is 105 cm³/mol. The fourth-order valence-corrected chi connectivity index (χ4v) is 3.98. The summed E-state index contributed by atoms with van der Waals surface area (Å²) >= 11 is 6.24. The first-order valence-corrected chi connectivity index (χ1v) is 9.55. The average Bonchev–Trinajstić information content (AvgIpc) is 3.01. The number of piperidine rings is 1. The van der Waals surface area contributed by atoms with E-state index in [4.69, 9.17) is 21.5 Å². The molecule has 160 valence electrons. The zero-order valence-corrected chi connectivity index (χ0v) is 16.5. The maximum Gasteiger partial charge on any atom is 0.490 e. The molecule has 4 rings (SSSR count). The SMILES string of the molecule is O=C(O)C(F)(F)F.O=C(c1ccncc1)N1CC2(CCNCC2)c2cc(Cl)ccc21. The molecule has 6 nitrogen and oxygen atoms in total. The van der Waals surface area contributed by atoms with Gasteiger partial charge in [-0.05, 0) is 61.8 Å². The third kappa shape index (κ3) is 4.57. The first-order chi connectivity index (χ1) is 14.1. The second-order valence-electron chi connectivity index (χ2n) is 7.12. The van der Waals surface area contributed by atoms with E-state index in [0.29, 0.717) is 5.56 Å². The Balaban J connectivity index is 0.000000318. The van der Waals surface area contributed by atoms with Gasteiger partial charge in [0.2, 0.25) is 0 Å². The number of hydrogen-bond acceptors (Lipinski definition) is 4. The average molecular weight is 442 g/mol. The minimum Gasteiger partial charge on any atom is -0.475 e. The molecule has 0 unspecified atom stereocenters. The van der Waals surface area contributed by atoms with Gasteiger partial charge in [0.05, 0.1) is 0 Å². The standard InChI is InChI=1S/C18H18ClN3O.C2HF3O2/c19-14-1-2-16-15(11-14)18(5-9-21-10-6-18)12-22(16)17(23)13-3-7-20-8-4-13;3-2(4,5)1(6)7/h1-4,7-8,11,21H,5-6,9-10,12H2;(H,6,7). The number of carbonyl (C=O) groups is 2. The Morgan fingerprint density at radius 1 is 1.13 bits per heavy atom. The monoisotopic (exact) mass is 441 g/mol. The summed E-state index contributed by atoms with van der Waals surface area (Å²) in [4.78, 5) is 27.8. The summed E-state index contributed by atoms with van der Waals surface area (Å²) in [6.45, 7) is 2.68. The second kappa shape index (κ2) is 8.61. The Morgan fingerprint density at radius 3 is 2.30 bits per heavy atom. The molecule has 2 aliphatic heterocycles. The van der Waals surface area contributed by atoms with Crippen LogP contribution in [0.1, 0.15) is 28.8 Å². The van der Waals surface area contributed by atoms with Crippen LogP contribution in [0.25, 0.3) is 0 Å². The summed E-state index contributed by atoms with van der Waals surface area (Å²) in [6, 6.07) is 9.43. The van der Waals surface area contributed by atoms with Crippen LogP contribution in [-0.2, 0) is 10.2 Å². The first kappa shape index (κ1) is 22.0. The van der Waals surface area contributed by atoms with Crippen LogP contribution in [0.5, 0.6) is 0 Å². The van der Waals surface area contributed by atoms with Crippen molar-refractivity contribution in [2.45, 2.75) is 24.4 Å². The van der Waals surface area contributed by atoms with Crippen molar-refractivity contribution in [3.05, 3.63) is 58.9 Å². The van der Waals surface area contributed by atoms with Crippen molar-refractivity contribution in [1.29, 1.82) is 0 Å². The van der Waals surface area contributed by atoms with Gasteiger partial charge < -0.3 is 15.3 Å². The summed E-state index contributed by atoms with van der Waals surface area (Å²) in [5, 5.41) is 11.3. The van der Waals surface area contributed by atoms with Crippen molar-refractivity contribution in [3.63, 3.8) is 0 Å². The smallest absolute Gasteiger partial charge is 0.475 e. The van der Waals surface area contributed by atoms with Gasteiger partial charge in [-0.3, -0.25) is 9.78 Å². The van der Waals surface area contributed by atoms with Gasteiger partial charge in [0, 0.05) is 40.6 Å². The summed E-state index contributed by atoms with van der Waals surface area (Å²) in [5.74, 6) is -2.72. The number of amides is 1. The van der Waals surface area contributed by atoms with Crippen LogP contribution in [-0.4, -0.2) is 47.8 Å². The van der Waals surface area contributed by atoms with Crippen molar-refractivity contribution in [2.24, 2.45) is 0 Å². The molecule has 0 aliphatic carbocycles. The molecule has 0 bridgehead atoms. The van der Waals surface area contributed by atoms with Crippen molar-refractivity contribution < 1.29 is 27.9 Å². The Labute approximate surface area is 175 Å². The van der Waals surface area contributed by atoms with Crippen molar-refractivity contribution in [1.82, 2.24) is 10.3 Å². The lowest BCUT2D eigenvalue weighted by atomic mass is 9.75. The van der Waals surface area contributed by atoms with Gasteiger partial charge in [-0.2, -0.15) is 13.2 Å². The van der Waals surface area contributed by atoms with Gasteiger partial charge in [-0.25, -0.2) is 4.79 Å². The van der Waals surface area contributed by atoms with Gasteiger partial charge in [0.1, 0.15) is 0 Å². The van der Waals surface area contributed by atoms with Crippen molar-refractivity contribution in [2.75, 3.05) is 24.5 Å². The molecular weight excluding hydrogens is 423 g/mol. The van der Waals surface area contributed by atoms with Crippen LogP contribution in [0.2, 0.25) is 5.02 Å². The molecule has 1 aromatic heterocycles. The zero-order chi connectivity index (χ0) is 21.9. The molecule has 1 fully saturated rings. The number of aliphatic carboxylic acids is 1. The second-order valence-corrected chi connectivity index (χ2v) is 7.56. The Hall–Kier alpha value is -2.65. The molecule has 1 spiro atoms. The third-order valence-corrected chi connectivity index (χ3v) is 5.49. The number of aromatic nitrogens is 1. The van der Waals surface area contributed by atoms with Crippen LogP contribution in [0.4, 0.5) is 18.9 Å². The number of benzene rings is 1. The van der Waals surface area contributed by atoms with E-state index in [9.17, 15) is 18.0 Å². The number of fused-ring (bicyclic) bond motifs is 2. The largest absolute Gasteiger partial charge is 0.490 e. The lowest BCUT2D eigenvalue weighted by molar-refractivity contribution is -0.192. The van der Waals surface area contributed by atoms with Gasteiger partial charge >= 0.3 is 12.1 Å². The van der Waals surface area contributed by atoms with E-state index < -0.39 is 12.1 Å². The number of halogens is 4. The van der Waals surface area contributed by atoms with Crippen molar-refractivity contribution in [3.8, 4) is 0 Å². The van der Waals surface area contributed by atoms with E-state index in [2.05, 4.69) is 10.3 Å². The van der Waals surface area contributed by atoms with Gasteiger partial charge in [0.15, 0.2) is 0 Å². The molecule has 2 aliphatic rings. The van der Waals surface area contributed by atoms with Crippen LogP contribution >= 0.6 is 11.6 Å². The molecule has 2 aromatic rings. The maximum atomic E-state index is 13.0. The topological polar surface area (TPSA) is 82.5 Å². The molecule has 0 radical (unpaired) electrons. The van der Waals surface area contributed by atoms with E-state index >= 15 is 0 Å². The zero-order valence-electron chi connectivity index (χ0n) is 15.7. The predicted octanol–water partition coefficient (Wildman–Crippen LogP) is 3.65. The molecule has 0 atom stereocenters. The van der Waals surface area contributed by atoms with E-state index in [1.165, 1.54) is 5.56 Å². The summed E-state index contributed by atoms with van der Waals surface area (Å²) < 4.78 is 31.7. The Bertz CT molecular complexity index is 932. The van der Waals surface area contributed by atoms with E-state index in [0.717, 1.165) is 43.2 Å². The fraction of sp³-hybridized carbons (Fsp3) is 0.350. The number of hydrogen-bond donors (Lipinski definition) is 2. The number of nitrogens with one attached hydrogen (secondary N) is 1. The number of nitrogens with zero attached hydrogens (tertiary/aromatic N) is 2. The van der Waals surface area contributed by atoms with Crippen LogP contribution in [0, 0.1) is 0 Å². The summed E-state index contributed by atoms with van der Waals surface area (Å²) in [5.41, 5.74) is 2.91. The number of carboxylic acids is 1. The Kier molecular flexibility index (Phi) is 6.33. The van der Waals surface area contributed by atoms with Crippen LogP contribution in [0.15, 0.2) is 42.7 Å². The summed E-state index contributed by atoms with van der Waals surface area (Å²) in [7, 11) is 0. The number of rotatable bonds is 1. The molecule has 1 saturated heterocycles. The minimum atomic E-state index is -5.08. The molecule has 0 saturated carbocycles. The summed E-state index contributed by atoms with van der Waals surface area (Å²) in [6.07, 6.45) is 0.291. The molecule has 30 heavy (non-hydrogen) atoms. The van der Waals surface area contributed by atoms with E-state index in [1.807, 2.05) is 23.1 Å². The van der Waals surface area contributed by atoms with Crippen molar-refractivity contribution >= 4 is 29.2 Å². The van der Waals surface area contributed by atoms with Gasteiger partial charge in [-0.15, -0.1) is 0 Å². The number of pyridine rings is 1. The molecule has 1 amide bonds.